The number of fused-ring (bicyclic) bond motifs is 7. The molecule has 0 aliphatic rings. The fourth-order valence-corrected chi connectivity index (χ4v) is 10.3. The second-order valence-electron chi connectivity index (χ2n) is 13.1. The molecule has 242 valence electrons. The number of hydrogen-bond acceptors (Lipinski definition) is 3. The number of thiophene rings is 2. The van der Waals surface area contributed by atoms with Gasteiger partial charge in [-0.15, -0.1) is 23.1 Å². The first-order chi connectivity index (χ1) is 25.3. The number of allylic oxidation sites excluding steroid dienone is 1. The van der Waals surface area contributed by atoms with Crippen molar-refractivity contribution < 1.29 is 0 Å². The van der Waals surface area contributed by atoms with E-state index in [0.29, 0.717) is 0 Å². The van der Waals surface area contributed by atoms with Crippen LogP contribution < -0.4 is 0 Å². The minimum absolute atomic E-state index is 0.918. The molecule has 0 unspecified atom stereocenters. The molecule has 2 heterocycles. The highest BCUT2D eigenvalue weighted by Gasteiger charge is 2.19. The van der Waals surface area contributed by atoms with E-state index >= 15 is 0 Å². The third-order valence-corrected chi connectivity index (χ3v) is 12.7. The fraction of sp³-hybridized carbons (Fsp3) is 0.0417. The summed E-state index contributed by atoms with van der Waals surface area (Å²) >= 11 is 5.41. The molecule has 0 aliphatic carbocycles. The molecule has 0 saturated carbocycles. The SMILES string of the molecule is CS/C=C\Cc1c2ccccc2c(-c2ccc3c(c2)sc2ccc(-c4c5ccccc5c(-c5ccsc5)c5ccccc45)cc23)c2ccccc12. The monoisotopic (exact) mass is 704 g/mol. The third-order valence-electron chi connectivity index (χ3n) is 10.4. The van der Waals surface area contributed by atoms with Gasteiger partial charge in [0.15, 0.2) is 0 Å². The Kier molecular flexibility index (Phi) is 7.53. The lowest BCUT2D eigenvalue weighted by molar-refractivity contribution is 1.33. The molecule has 8 aromatic carbocycles. The van der Waals surface area contributed by atoms with Crippen LogP contribution in [0, 0.1) is 0 Å². The molecule has 0 aliphatic heterocycles. The standard InChI is InChI=1S/C48H32S3/c1-49-25-10-19-33-34-11-2-4-13-37(34)47(38-14-5-3-12-35(33)38)31-20-22-36-43-27-30(21-23-44(43)51-45(36)28-31)46-39-15-6-8-17-41(39)48(32-24-26-50-29-32)42-18-9-7-16-40(42)46/h2-18,20-29H,19H2,1H3/b25-10-. The van der Waals surface area contributed by atoms with Crippen LogP contribution in [0.4, 0.5) is 0 Å². The summed E-state index contributed by atoms with van der Waals surface area (Å²) in [5.41, 5.74) is 9.18. The number of hydrogen-bond donors (Lipinski definition) is 0. The summed E-state index contributed by atoms with van der Waals surface area (Å²) in [5.74, 6) is 0. The molecule has 3 heteroatoms. The van der Waals surface area contributed by atoms with E-state index in [-0.39, 0.29) is 0 Å². The van der Waals surface area contributed by atoms with Crippen molar-refractivity contribution in [2.45, 2.75) is 6.42 Å². The van der Waals surface area contributed by atoms with Crippen LogP contribution in [0.2, 0.25) is 0 Å². The lowest BCUT2D eigenvalue weighted by Crippen LogP contribution is -1.92. The lowest BCUT2D eigenvalue weighted by atomic mass is 9.86. The van der Waals surface area contributed by atoms with Crippen molar-refractivity contribution in [3.8, 4) is 33.4 Å². The summed E-state index contributed by atoms with van der Waals surface area (Å²) in [6.45, 7) is 0. The Hall–Kier alpha value is -5.19. The van der Waals surface area contributed by atoms with E-state index in [0.717, 1.165) is 6.42 Å². The zero-order valence-corrected chi connectivity index (χ0v) is 30.5. The smallest absolute Gasteiger partial charge is 0.0361 e. The Bertz CT molecular complexity index is 2860. The van der Waals surface area contributed by atoms with Gasteiger partial charge >= 0.3 is 0 Å². The molecular formula is C48H32S3. The first kappa shape index (κ1) is 30.6. The van der Waals surface area contributed by atoms with Crippen LogP contribution in [-0.2, 0) is 6.42 Å². The van der Waals surface area contributed by atoms with Crippen molar-refractivity contribution in [3.63, 3.8) is 0 Å². The minimum Gasteiger partial charge on any atom is -0.152 e. The molecule has 0 radical (unpaired) electrons. The Labute approximate surface area is 309 Å². The van der Waals surface area contributed by atoms with Gasteiger partial charge in [-0.3, -0.25) is 0 Å². The Morgan fingerprint density at radius 1 is 0.471 bits per heavy atom. The van der Waals surface area contributed by atoms with E-state index in [1.165, 1.54) is 102 Å². The maximum Gasteiger partial charge on any atom is 0.0361 e. The van der Waals surface area contributed by atoms with Crippen LogP contribution in [0.15, 0.2) is 162 Å². The number of thioether (sulfide) groups is 1. The lowest BCUT2D eigenvalue weighted by Gasteiger charge is -2.17. The topological polar surface area (TPSA) is 0 Å². The minimum atomic E-state index is 0.918. The molecule has 0 saturated heterocycles. The van der Waals surface area contributed by atoms with Crippen LogP contribution in [0.1, 0.15) is 5.56 Å². The zero-order chi connectivity index (χ0) is 33.9. The largest absolute Gasteiger partial charge is 0.152 e. The van der Waals surface area contributed by atoms with Gasteiger partial charge in [-0.25, -0.2) is 0 Å². The highest BCUT2D eigenvalue weighted by molar-refractivity contribution is 8.01. The summed E-state index contributed by atoms with van der Waals surface area (Å²) in [4.78, 5) is 0. The number of benzene rings is 8. The van der Waals surface area contributed by atoms with Gasteiger partial charge in [0.2, 0.25) is 0 Å². The van der Waals surface area contributed by atoms with E-state index in [1.54, 1.807) is 23.1 Å². The summed E-state index contributed by atoms with van der Waals surface area (Å²) in [7, 11) is 0. The zero-order valence-electron chi connectivity index (χ0n) is 28.0. The van der Waals surface area contributed by atoms with E-state index in [4.69, 9.17) is 0 Å². The number of rotatable bonds is 6. The fourth-order valence-electron chi connectivity index (χ4n) is 8.26. The normalized spacial score (nSPS) is 12.1. The molecular weight excluding hydrogens is 673 g/mol. The molecule has 0 amide bonds. The third kappa shape index (κ3) is 4.95. The van der Waals surface area contributed by atoms with Gasteiger partial charge in [0.05, 0.1) is 0 Å². The second kappa shape index (κ2) is 12.5. The van der Waals surface area contributed by atoms with E-state index < -0.39 is 0 Å². The molecule has 0 fully saturated rings. The van der Waals surface area contributed by atoms with E-state index in [1.807, 2.05) is 11.3 Å². The highest BCUT2D eigenvalue weighted by atomic mass is 32.2. The maximum atomic E-state index is 2.44. The van der Waals surface area contributed by atoms with Gasteiger partial charge in [0, 0.05) is 20.2 Å². The predicted octanol–water partition coefficient (Wildman–Crippen LogP) is 15.1. The molecule has 0 N–H and O–H groups in total. The maximum absolute atomic E-state index is 2.44. The van der Waals surface area contributed by atoms with E-state index in [9.17, 15) is 0 Å². The van der Waals surface area contributed by atoms with Gasteiger partial charge in [0.1, 0.15) is 0 Å². The van der Waals surface area contributed by atoms with Gasteiger partial charge in [-0.2, -0.15) is 11.3 Å². The molecule has 0 bridgehead atoms. The van der Waals surface area contributed by atoms with Crippen LogP contribution in [-0.4, -0.2) is 6.26 Å². The van der Waals surface area contributed by atoms with Gasteiger partial charge in [-0.05, 0) is 135 Å². The Morgan fingerprint density at radius 3 is 1.53 bits per heavy atom. The average molecular weight is 705 g/mol. The van der Waals surface area contributed by atoms with Crippen molar-refractivity contribution >= 4 is 97.7 Å². The van der Waals surface area contributed by atoms with Gasteiger partial charge in [0.25, 0.3) is 0 Å². The van der Waals surface area contributed by atoms with Crippen LogP contribution >= 0.6 is 34.4 Å². The van der Waals surface area contributed by atoms with Crippen LogP contribution in [0.3, 0.4) is 0 Å². The van der Waals surface area contributed by atoms with Crippen molar-refractivity contribution in [1.82, 2.24) is 0 Å². The molecule has 0 spiro atoms. The molecule has 0 nitrogen and oxygen atoms in total. The van der Waals surface area contributed by atoms with Crippen molar-refractivity contribution in [2.75, 3.05) is 6.26 Å². The summed E-state index contributed by atoms with van der Waals surface area (Å²) in [6, 6.07) is 52.3. The van der Waals surface area contributed by atoms with Crippen molar-refractivity contribution in [3.05, 3.63) is 167 Å². The van der Waals surface area contributed by atoms with Gasteiger partial charge < -0.3 is 0 Å². The van der Waals surface area contributed by atoms with Crippen LogP contribution in [0.5, 0.6) is 0 Å². The van der Waals surface area contributed by atoms with Gasteiger partial charge in [-0.1, -0.05) is 121 Å². The second-order valence-corrected chi connectivity index (χ2v) is 15.7. The summed E-state index contributed by atoms with van der Waals surface area (Å²) in [5, 5.41) is 19.8. The molecule has 51 heavy (non-hydrogen) atoms. The molecule has 0 atom stereocenters. The summed E-state index contributed by atoms with van der Waals surface area (Å²) < 4.78 is 2.64. The molecule has 10 rings (SSSR count). The molecule has 2 aromatic heterocycles. The first-order valence-corrected chi connectivity index (χ1v) is 20.4. The van der Waals surface area contributed by atoms with Crippen LogP contribution in [0.25, 0.3) is 96.6 Å². The quantitative estimate of drug-likeness (QED) is 0.155. The predicted molar refractivity (Wildman–Crippen MR) is 230 cm³/mol. The van der Waals surface area contributed by atoms with Crippen molar-refractivity contribution in [1.29, 1.82) is 0 Å². The highest BCUT2D eigenvalue weighted by Crippen LogP contribution is 2.47. The average Bonchev–Trinajstić information content (AvgIpc) is 3.84. The van der Waals surface area contributed by atoms with E-state index in [2.05, 4.69) is 168 Å². The Morgan fingerprint density at radius 2 is 0.980 bits per heavy atom. The Balaban J connectivity index is 1.18. The summed E-state index contributed by atoms with van der Waals surface area (Å²) in [6.07, 6.45) is 5.33. The van der Waals surface area contributed by atoms with Crippen molar-refractivity contribution in [2.24, 2.45) is 0 Å². The molecule has 10 aromatic rings. The first-order valence-electron chi connectivity index (χ1n) is 17.3.